The van der Waals surface area contributed by atoms with E-state index in [2.05, 4.69) is 30.1 Å². The van der Waals surface area contributed by atoms with Gasteiger partial charge in [0.05, 0.1) is 0 Å². The van der Waals surface area contributed by atoms with Crippen LogP contribution < -0.4 is 11.5 Å². The van der Waals surface area contributed by atoms with Crippen LogP contribution in [0.3, 0.4) is 0 Å². The first-order valence-corrected chi connectivity index (χ1v) is 10.6. The van der Waals surface area contributed by atoms with Crippen LogP contribution in [0.2, 0.25) is 4.44 Å². The van der Waals surface area contributed by atoms with E-state index in [1.807, 2.05) is 6.07 Å². The topological polar surface area (TPSA) is 64.4 Å². The van der Waals surface area contributed by atoms with Gasteiger partial charge in [-0.2, -0.15) is 0 Å². The molecule has 19 heavy (non-hydrogen) atoms. The Morgan fingerprint density at radius 3 is 2.79 bits per heavy atom. The molecule has 1 aliphatic carbocycles. The van der Waals surface area contributed by atoms with E-state index in [1.165, 1.54) is 29.3 Å². The fraction of sp³-hybridized carbons (Fsp3) is 0.533. The summed E-state index contributed by atoms with van der Waals surface area (Å²) in [6.07, 6.45) is 5.85. The molecule has 4 N–H and O–H groups in total. The van der Waals surface area contributed by atoms with Crippen molar-refractivity contribution in [2.45, 2.75) is 49.0 Å². The molecule has 1 fully saturated rings. The van der Waals surface area contributed by atoms with Crippen molar-refractivity contribution in [3.05, 3.63) is 29.8 Å². The molecule has 0 aromatic heterocycles. The van der Waals surface area contributed by atoms with Gasteiger partial charge in [0.15, 0.2) is 0 Å². The van der Waals surface area contributed by atoms with Gasteiger partial charge in [0, 0.05) is 0 Å². The third-order valence-electron chi connectivity index (χ3n) is 3.72. The van der Waals surface area contributed by atoms with E-state index in [-0.39, 0.29) is 5.54 Å². The van der Waals surface area contributed by atoms with Crippen LogP contribution in [0.5, 0.6) is 0 Å². The zero-order valence-corrected chi connectivity index (χ0v) is 14.5. The van der Waals surface area contributed by atoms with Crippen LogP contribution in [0, 0.1) is 0 Å². The first-order valence-electron chi connectivity index (χ1n) is 7.11. The van der Waals surface area contributed by atoms with Crippen molar-refractivity contribution in [3.8, 4) is 0 Å². The maximum atomic E-state index is 6.49. The summed E-state index contributed by atoms with van der Waals surface area (Å²) >= 11 is -0.631. The van der Waals surface area contributed by atoms with E-state index in [9.17, 15) is 0 Å². The quantitative estimate of drug-likeness (QED) is 0.480. The Kier molecular flexibility index (Phi) is 5.27. The van der Waals surface area contributed by atoms with Crippen molar-refractivity contribution < 1.29 is 0 Å². The predicted molar refractivity (Wildman–Crippen MR) is 82.9 cm³/mol. The van der Waals surface area contributed by atoms with E-state index in [0.717, 1.165) is 22.4 Å². The molecule has 0 spiro atoms. The van der Waals surface area contributed by atoms with Gasteiger partial charge in [-0.05, 0) is 0 Å². The molecule has 102 valence electrons. The normalized spacial score (nSPS) is 18.7. The van der Waals surface area contributed by atoms with Crippen LogP contribution in [0.15, 0.2) is 29.3 Å². The first kappa shape index (κ1) is 14.8. The Hall–Kier alpha value is -0.551. The Labute approximate surface area is 126 Å². The molecule has 0 amide bonds. The van der Waals surface area contributed by atoms with Crippen LogP contribution >= 0.6 is 0 Å². The number of hydrogen-bond donors (Lipinski definition) is 2. The van der Waals surface area contributed by atoms with Crippen molar-refractivity contribution in [1.82, 2.24) is 0 Å². The van der Waals surface area contributed by atoms with E-state index in [0.29, 0.717) is 0 Å². The Balaban J connectivity index is 2.15. The summed E-state index contributed by atoms with van der Waals surface area (Å²) in [5, 5.41) is 0. The molecule has 0 atom stereocenters. The molecule has 2 radical (unpaired) electrons. The fourth-order valence-electron chi connectivity index (χ4n) is 2.61. The molecule has 4 heteroatoms. The van der Waals surface area contributed by atoms with E-state index in [4.69, 9.17) is 11.5 Å². The monoisotopic (exact) mass is 365 g/mol. The third-order valence-corrected chi connectivity index (χ3v) is 7.22. The van der Waals surface area contributed by atoms with Gasteiger partial charge in [0.1, 0.15) is 0 Å². The average Bonchev–Trinajstić information content (AvgIpc) is 2.85. The Morgan fingerprint density at radius 1 is 1.37 bits per heavy atom. The van der Waals surface area contributed by atoms with Crippen molar-refractivity contribution in [1.29, 1.82) is 0 Å². The summed E-state index contributed by atoms with van der Waals surface area (Å²) in [6.45, 7) is 2.20. The van der Waals surface area contributed by atoms with Gasteiger partial charge in [-0.1, -0.05) is 0 Å². The zero-order valence-electron chi connectivity index (χ0n) is 11.7. The molecular weight excluding hydrogens is 341 g/mol. The molecule has 3 nitrogen and oxygen atoms in total. The van der Waals surface area contributed by atoms with Crippen LogP contribution in [-0.4, -0.2) is 25.0 Å². The maximum absolute atomic E-state index is 6.49. The van der Waals surface area contributed by atoms with Gasteiger partial charge < -0.3 is 0 Å². The average molecular weight is 364 g/mol. The van der Waals surface area contributed by atoms with Crippen molar-refractivity contribution in [2.75, 3.05) is 0 Å². The van der Waals surface area contributed by atoms with Gasteiger partial charge in [0.2, 0.25) is 0 Å². The van der Waals surface area contributed by atoms with Gasteiger partial charge in [-0.3, -0.25) is 0 Å². The summed E-state index contributed by atoms with van der Waals surface area (Å²) in [7, 11) is 0. The SMILES string of the molecule is CC[CH2][Sn][C](N)=Nc1cccc(C2(N)CCCC2)c1. The molecule has 2 rings (SSSR count). The van der Waals surface area contributed by atoms with Crippen LogP contribution in [0.25, 0.3) is 0 Å². The molecule has 1 aromatic rings. The van der Waals surface area contributed by atoms with Crippen LogP contribution in [0.1, 0.15) is 44.6 Å². The second-order valence-corrected chi connectivity index (χ2v) is 9.24. The fourth-order valence-corrected chi connectivity index (χ4v) is 4.65. The number of nitrogens with zero attached hydrogens (tertiary/aromatic N) is 1. The molecular formula is C15H23N3Sn. The second kappa shape index (κ2) is 6.75. The first-order chi connectivity index (χ1) is 9.14. The van der Waals surface area contributed by atoms with Crippen LogP contribution in [-0.2, 0) is 5.54 Å². The van der Waals surface area contributed by atoms with Crippen molar-refractivity contribution in [3.63, 3.8) is 0 Å². The summed E-state index contributed by atoms with van der Waals surface area (Å²) in [4.78, 5) is 4.57. The molecule has 0 heterocycles. The van der Waals surface area contributed by atoms with Gasteiger partial charge in [-0.25, -0.2) is 0 Å². The van der Waals surface area contributed by atoms with Gasteiger partial charge >= 0.3 is 126 Å². The molecule has 0 bridgehead atoms. The van der Waals surface area contributed by atoms with E-state index >= 15 is 0 Å². The van der Waals surface area contributed by atoms with Crippen molar-refractivity contribution >= 4 is 30.7 Å². The summed E-state index contributed by atoms with van der Waals surface area (Å²) < 4.78 is 2.15. The summed E-state index contributed by atoms with van der Waals surface area (Å²) in [5.74, 6) is 0. The standard InChI is InChI=1S/C12H16N3.C3H7.Sn/c13-9-15-11-5-3-4-10(8-11)12(14)6-1-2-7-12;1-3-2;/h3-5,8H,1-2,6-7,14H2,(H2,13,15);1,3H2,2H3;. The van der Waals surface area contributed by atoms with E-state index in [1.54, 1.807) is 0 Å². The third kappa shape index (κ3) is 3.96. The van der Waals surface area contributed by atoms with E-state index < -0.39 is 21.1 Å². The van der Waals surface area contributed by atoms with Crippen molar-refractivity contribution in [2.24, 2.45) is 16.5 Å². The zero-order chi connectivity index (χ0) is 13.7. The Bertz CT molecular complexity index is 450. The number of benzene rings is 1. The molecule has 1 saturated carbocycles. The summed E-state index contributed by atoms with van der Waals surface area (Å²) in [6, 6.07) is 8.34. The second-order valence-electron chi connectivity index (χ2n) is 5.34. The number of nitrogens with two attached hydrogens (primary N) is 2. The molecule has 0 aliphatic heterocycles. The Morgan fingerprint density at radius 2 is 2.11 bits per heavy atom. The molecule has 1 aromatic carbocycles. The number of rotatable bonds is 5. The van der Waals surface area contributed by atoms with Crippen LogP contribution in [0.4, 0.5) is 5.69 Å². The number of hydrogen-bond acceptors (Lipinski definition) is 2. The number of aliphatic imine (C=N–C) groups is 1. The molecule has 1 aliphatic rings. The molecule has 0 unspecified atom stereocenters. The minimum atomic E-state index is -0.631. The van der Waals surface area contributed by atoms with Gasteiger partial charge in [-0.15, -0.1) is 0 Å². The number of amidine groups is 1. The predicted octanol–water partition coefficient (Wildman–Crippen LogP) is 2.89. The summed E-state index contributed by atoms with van der Waals surface area (Å²) in [5.41, 5.74) is 14.6. The molecule has 0 saturated heterocycles. The minimum absolute atomic E-state index is 0.135. The van der Waals surface area contributed by atoms with Gasteiger partial charge in [0.25, 0.3) is 0 Å².